The highest BCUT2D eigenvalue weighted by Crippen LogP contribution is 2.48. The van der Waals surface area contributed by atoms with Gasteiger partial charge in [0, 0.05) is 11.5 Å². The van der Waals surface area contributed by atoms with E-state index >= 15 is 0 Å². The molecule has 8 atom stereocenters. The van der Waals surface area contributed by atoms with E-state index in [0.717, 1.165) is 11.1 Å². The second-order valence-corrected chi connectivity index (χ2v) is 10.9. The first-order chi connectivity index (χ1) is 17.6. The van der Waals surface area contributed by atoms with Crippen molar-refractivity contribution in [2.75, 3.05) is 0 Å². The molecule has 0 N–H and O–H groups in total. The van der Waals surface area contributed by atoms with Gasteiger partial charge in [-0.05, 0) is 38.8 Å². The molecule has 0 saturated carbocycles. The highest BCUT2D eigenvalue weighted by Gasteiger charge is 2.66. The molecule has 4 aliphatic rings. The van der Waals surface area contributed by atoms with Crippen molar-refractivity contribution < 1.29 is 33.4 Å². The van der Waals surface area contributed by atoms with Crippen molar-refractivity contribution in [1.82, 2.24) is 5.06 Å². The standard InChI is InChI=1S/C27H32N2O8/c1-26(2)33-22-21(32-25-24(23(22)34-26)35-27(3,4)36-25)18-19(29(30)31)20(17-13-9-6-10-14-17)37-28(18)15-16-11-7-5-8-12-16/h5-14,18-25H,15H2,1-4H3/t18-,19-,20+,21+,22-,23-,24+,25+/m0/s1. The van der Waals surface area contributed by atoms with E-state index in [0.29, 0.717) is 6.54 Å². The Morgan fingerprint density at radius 2 is 1.38 bits per heavy atom. The lowest BCUT2D eigenvalue weighted by molar-refractivity contribution is -0.533. The quantitative estimate of drug-likeness (QED) is 0.439. The van der Waals surface area contributed by atoms with Crippen molar-refractivity contribution in [2.45, 2.75) is 94.7 Å². The summed E-state index contributed by atoms with van der Waals surface area (Å²) in [4.78, 5) is 18.8. The number of hydroxylamine groups is 2. The van der Waals surface area contributed by atoms with E-state index in [-0.39, 0.29) is 4.92 Å². The van der Waals surface area contributed by atoms with Gasteiger partial charge in [-0.15, -0.1) is 0 Å². The van der Waals surface area contributed by atoms with E-state index < -0.39 is 60.5 Å². The Balaban J connectivity index is 1.41. The van der Waals surface area contributed by atoms with Crippen molar-refractivity contribution in [1.29, 1.82) is 0 Å². The van der Waals surface area contributed by atoms with E-state index in [1.807, 2.05) is 88.4 Å². The molecular formula is C27H32N2O8. The molecule has 4 aliphatic heterocycles. The number of benzene rings is 2. The van der Waals surface area contributed by atoms with Crippen LogP contribution in [0.25, 0.3) is 0 Å². The van der Waals surface area contributed by atoms with Crippen LogP contribution in [0.4, 0.5) is 0 Å². The third kappa shape index (κ3) is 4.57. The molecule has 2 aromatic rings. The third-order valence-corrected chi connectivity index (χ3v) is 7.32. The molecule has 2 aromatic carbocycles. The molecule has 0 aromatic heterocycles. The van der Waals surface area contributed by atoms with Gasteiger partial charge in [0.25, 0.3) is 6.04 Å². The summed E-state index contributed by atoms with van der Waals surface area (Å²) in [6, 6.07) is 17.1. The minimum atomic E-state index is -1.13. The van der Waals surface area contributed by atoms with E-state index in [1.54, 1.807) is 5.06 Å². The molecule has 10 nitrogen and oxygen atoms in total. The monoisotopic (exact) mass is 512 g/mol. The molecule has 0 unspecified atom stereocenters. The van der Waals surface area contributed by atoms with Crippen LogP contribution >= 0.6 is 0 Å². The minimum absolute atomic E-state index is 0.269. The summed E-state index contributed by atoms with van der Waals surface area (Å²) in [5.41, 5.74) is 1.68. The topological polar surface area (TPSA) is 102 Å². The van der Waals surface area contributed by atoms with Crippen LogP contribution in [0, 0.1) is 10.1 Å². The van der Waals surface area contributed by atoms with Crippen molar-refractivity contribution in [2.24, 2.45) is 0 Å². The van der Waals surface area contributed by atoms with Crippen LogP contribution in [0.3, 0.4) is 0 Å². The second kappa shape index (κ2) is 9.09. The zero-order valence-corrected chi connectivity index (χ0v) is 21.3. The SMILES string of the molecule is CC1(C)O[C@@H]2[C@H](O1)[C@H]1OC(C)(C)O[C@H]1O[C@@H]2[C@@H]1[C@H]([N+](=O)[O-])[C@@H](c2ccccc2)ON1Cc1ccccc1. The normalized spacial score (nSPS) is 38.3. The van der Waals surface area contributed by atoms with E-state index in [2.05, 4.69) is 0 Å². The molecular weight excluding hydrogens is 480 g/mol. The van der Waals surface area contributed by atoms with Crippen LogP contribution in [-0.4, -0.2) is 64.4 Å². The molecule has 198 valence electrons. The van der Waals surface area contributed by atoms with Gasteiger partial charge in [0.15, 0.2) is 24.0 Å². The highest BCUT2D eigenvalue weighted by atomic mass is 16.9. The second-order valence-electron chi connectivity index (χ2n) is 10.9. The van der Waals surface area contributed by atoms with E-state index in [4.69, 9.17) is 28.5 Å². The van der Waals surface area contributed by atoms with Gasteiger partial charge in [-0.2, -0.15) is 5.06 Å². The Kier molecular flexibility index (Phi) is 6.11. The average Bonchev–Trinajstić information content (AvgIpc) is 3.49. The smallest absolute Gasteiger partial charge is 0.265 e. The summed E-state index contributed by atoms with van der Waals surface area (Å²) in [6.45, 7) is 7.60. The van der Waals surface area contributed by atoms with Gasteiger partial charge in [-0.3, -0.25) is 15.0 Å². The summed E-state index contributed by atoms with van der Waals surface area (Å²) in [5.74, 6) is -1.82. The molecule has 0 spiro atoms. The Hall–Kier alpha value is -2.44. The first kappa shape index (κ1) is 24.9. The zero-order valence-electron chi connectivity index (χ0n) is 21.3. The van der Waals surface area contributed by atoms with Gasteiger partial charge in [0.05, 0.1) is 0 Å². The minimum Gasteiger partial charge on any atom is -0.342 e. The van der Waals surface area contributed by atoms with Crippen molar-refractivity contribution >= 4 is 0 Å². The van der Waals surface area contributed by atoms with Gasteiger partial charge in [-0.1, -0.05) is 60.7 Å². The van der Waals surface area contributed by atoms with Gasteiger partial charge in [-0.25, -0.2) is 0 Å². The highest BCUT2D eigenvalue weighted by molar-refractivity contribution is 5.22. The van der Waals surface area contributed by atoms with Gasteiger partial charge < -0.3 is 23.7 Å². The molecule has 0 amide bonds. The molecule has 10 heteroatoms. The number of hydrogen-bond acceptors (Lipinski definition) is 9. The Bertz CT molecular complexity index is 1130. The van der Waals surface area contributed by atoms with Crippen LogP contribution < -0.4 is 0 Å². The lowest BCUT2D eigenvalue weighted by Crippen LogP contribution is -2.63. The number of hydrogen-bond donors (Lipinski definition) is 0. The van der Waals surface area contributed by atoms with Crippen LogP contribution in [-0.2, 0) is 35.1 Å². The summed E-state index contributed by atoms with van der Waals surface area (Å²) < 4.78 is 31.3. The van der Waals surface area contributed by atoms with Crippen LogP contribution in [0.2, 0.25) is 0 Å². The predicted octanol–water partition coefficient (Wildman–Crippen LogP) is 3.59. The number of fused-ring (bicyclic) bond motifs is 3. The van der Waals surface area contributed by atoms with Crippen molar-refractivity contribution in [3.8, 4) is 0 Å². The molecule has 0 bridgehead atoms. The maximum atomic E-state index is 12.7. The van der Waals surface area contributed by atoms with Crippen molar-refractivity contribution in [3.05, 3.63) is 81.9 Å². The molecule has 4 heterocycles. The zero-order chi connectivity index (χ0) is 25.9. The summed E-state index contributed by atoms with van der Waals surface area (Å²) in [7, 11) is 0. The van der Waals surface area contributed by atoms with Crippen LogP contribution in [0.1, 0.15) is 44.9 Å². The van der Waals surface area contributed by atoms with Crippen LogP contribution in [0.5, 0.6) is 0 Å². The Morgan fingerprint density at radius 1 is 0.811 bits per heavy atom. The lowest BCUT2D eigenvalue weighted by atomic mass is 9.87. The summed E-state index contributed by atoms with van der Waals surface area (Å²) in [6.07, 6.45) is -4.03. The fraction of sp³-hybridized carbons (Fsp3) is 0.556. The Labute approximate surface area is 215 Å². The molecule has 6 rings (SSSR count). The average molecular weight is 513 g/mol. The molecule has 37 heavy (non-hydrogen) atoms. The summed E-state index contributed by atoms with van der Waals surface area (Å²) >= 11 is 0. The first-order valence-corrected chi connectivity index (χ1v) is 12.6. The first-order valence-electron chi connectivity index (χ1n) is 12.6. The largest absolute Gasteiger partial charge is 0.342 e. The van der Waals surface area contributed by atoms with Gasteiger partial charge in [0.2, 0.25) is 0 Å². The number of nitrogens with zero attached hydrogens (tertiary/aromatic N) is 2. The fourth-order valence-corrected chi connectivity index (χ4v) is 5.95. The maximum Gasteiger partial charge on any atom is 0.265 e. The molecule has 0 aliphatic carbocycles. The van der Waals surface area contributed by atoms with Gasteiger partial charge >= 0.3 is 0 Å². The van der Waals surface area contributed by atoms with E-state index in [1.165, 1.54) is 0 Å². The number of ether oxygens (including phenoxy) is 5. The number of nitro groups is 1. The summed E-state index contributed by atoms with van der Waals surface area (Å²) in [5, 5.41) is 14.4. The molecule has 4 saturated heterocycles. The predicted molar refractivity (Wildman–Crippen MR) is 129 cm³/mol. The van der Waals surface area contributed by atoms with E-state index in [9.17, 15) is 10.1 Å². The van der Waals surface area contributed by atoms with Crippen molar-refractivity contribution in [3.63, 3.8) is 0 Å². The molecule has 0 radical (unpaired) electrons. The molecule has 4 fully saturated rings. The van der Waals surface area contributed by atoms with Gasteiger partial charge in [0.1, 0.15) is 30.5 Å². The maximum absolute atomic E-state index is 12.7. The van der Waals surface area contributed by atoms with Crippen LogP contribution in [0.15, 0.2) is 60.7 Å². The lowest BCUT2D eigenvalue weighted by Gasteiger charge is -2.41. The fourth-order valence-electron chi connectivity index (χ4n) is 5.95. The Morgan fingerprint density at radius 3 is 2.03 bits per heavy atom. The third-order valence-electron chi connectivity index (χ3n) is 7.32. The number of rotatable bonds is 5.